The third-order valence-corrected chi connectivity index (χ3v) is 5.25. The normalized spacial score (nSPS) is 23.1. The van der Waals surface area contributed by atoms with Crippen LogP contribution in [0.15, 0.2) is 64.8 Å². The van der Waals surface area contributed by atoms with E-state index in [1.54, 1.807) is 12.4 Å². The average Bonchev–Trinajstić information content (AvgIpc) is 2.74. The maximum absolute atomic E-state index is 6.71. The number of aliphatic imine (C=N–C) groups is 2. The molecule has 4 rings (SSSR count). The van der Waals surface area contributed by atoms with Crippen molar-refractivity contribution in [3.05, 3.63) is 60.4 Å². The molecule has 0 bridgehead atoms. The molecule has 0 aliphatic carbocycles. The molecule has 1 saturated heterocycles. The number of benzene rings is 1. The highest BCUT2D eigenvalue weighted by Crippen LogP contribution is 2.16. The van der Waals surface area contributed by atoms with Gasteiger partial charge in [0, 0.05) is 62.8 Å². The fraction of sp³-hybridized carbons (Fsp3) is 0.381. The number of aromatic nitrogens is 1. The standard InChI is InChI=1S/C21H28N8/c1-28-13-15-29(16-14-28)12-9-21(22)26-19(17-5-3-2-4-6-17)25-20(27-21)24-18-7-10-23-11-8-18/h2-8,10-11H,9,12-16,22H2,1H3,(H2,23,24,25,26,27). The van der Waals surface area contributed by atoms with Crippen molar-refractivity contribution in [3.8, 4) is 0 Å². The fourth-order valence-corrected chi connectivity index (χ4v) is 3.45. The van der Waals surface area contributed by atoms with Gasteiger partial charge in [0.1, 0.15) is 5.84 Å². The number of pyridine rings is 1. The smallest absolute Gasteiger partial charge is 0.228 e. The highest BCUT2D eigenvalue weighted by atomic mass is 15.4. The molecule has 29 heavy (non-hydrogen) atoms. The number of amidine groups is 1. The summed E-state index contributed by atoms with van der Waals surface area (Å²) in [6, 6.07) is 13.8. The van der Waals surface area contributed by atoms with Crippen molar-refractivity contribution in [2.24, 2.45) is 15.7 Å². The van der Waals surface area contributed by atoms with Gasteiger partial charge >= 0.3 is 0 Å². The summed E-state index contributed by atoms with van der Waals surface area (Å²) in [4.78, 5) is 18.2. The molecule has 1 aromatic carbocycles. The van der Waals surface area contributed by atoms with Gasteiger partial charge in [0.05, 0.1) is 0 Å². The van der Waals surface area contributed by atoms with E-state index < -0.39 is 5.79 Å². The molecule has 3 heterocycles. The molecule has 0 spiro atoms. The molecule has 2 aliphatic rings. The molecule has 2 aliphatic heterocycles. The minimum absolute atomic E-state index is 0.495. The van der Waals surface area contributed by atoms with E-state index in [4.69, 9.17) is 10.7 Å². The van der Waals surface area contributed by atoms with Crippen molar-refractivity contribution < 1.29 is 0 Å². The number of hydrogen-bond acceptors (Lipinski definition) is 8. The quantitative estimate of drug-likeness (QED) is 0.707. The number of rotatable bonds is 5. The lowest BCUT2D eigenvalue weighted by Crippen LogP contribution is -2.59. The number of guanidine groups is 1. The fourth-order valence-electron chi connectivity index (χ4n) is 3.45. The first-order valence-corrected chi connectivity index (χ1v) is 9.99. The summed E-state index contributed by atoms with van der Waals surface area (Å²) >= 11 is 0. The molecule has 8 nitrogen and oxygen atoms in total. The number of nitrogens with zero attached hydrogens (tertiary/aromatic N) is 5. The Labute approximate surface area is 171 Å². The third-order valence-electron chi connectivity index (χ3n) is 5.25. The summed E-state index contributed by atoms with van der Waals surface area (Å²) in [6.45, 7) is 5.15. The zero-order chi connectivity index (χ0) is 20.1. The first-order chi connectivity index (χ1) is 14.1. The Morgan fingerprint density at radius 3 is 2.52 bits per heavy atom. The van der Waals surface area contributed by atoms with E-state index in [1.165, 1.54) is 0 Å². The van der Waals surface area contributed by atoms with Crippen LogP contribution < -0.4 is 16.4 Å². The molecular weight excluding hydrogens is 364 g/mol. The van der Waals surface area contributed by atoms with E-state index in [0.717, 1.165) is 49.8 Å². The van der Waals surface area contributed by atoms with Crippen molar-refractivity contribution in [2.45, 2.75) is 12.2 Å². The van der Waals surface area contributed by atoms with Gasteiger partial charge in [-0.3, -0.25) is 10.7 Å². The molecule has 2 aromatic rings. The number of nitrogens with one attached hydrogen (secondary N) is 2. The highest BCUT2D eigenvalue weighted by molar-refractivity contribution is 6.10. The molecule has 4 N–H and O–H groups in total. The van der Waals surface area contributed by atoms with Crippen LogP contribution in [0.2, 0.25) is 0 Å². The van der Waals surface area contributed by atoms with Gasteiger partial charge in [-0.1, -0.05) is 30.3 Å². The van der Waals surface area contributed by atoms with Gasteiger partial charge in [-0.05, 0) is 19.2 Å². The molecule has 0 amide bonds. The van der Waals surface area contributed by atoms with Crippen LogP contribution in [0.4, 0.5) is 5.69 Å². The summed E-state index contributed by atoms with van der Waals surface area (Å²) in [6.07, 6.45) is 4.15. The summed E-state index contributed by atoms with van der Waals surface area (Å²) in [5, 5.41) is 6.62. The largest absolute Gasteiger partial charge is 0.333 e. The van der Waals surface area contributed by atoms with Crippen molar-refractivity contribution in [1.82, 2.24) is 20.1 Å². The zero-order valence-corrected chi connectivity index (χ0v) is 16.8. The predicted octanol–water partition coefficient (Wildman–Crippen LogP) is 1.15. The Morgan fingerprint density at radius 2 is 1.79 bits per heavy atom. The zero-order valence-electron chi connectivity index (χ0n) is 16.8. The molecule has 1 unspecified atom stereocenters. The van der Waals surface area contributed by atoms with Crippen molar-refractivity contribution in [3.63, 3.8) is 0 Å². The Bertz CT molecular complexity index is 859. The topological polar surface area (TPSA) is 94.2 Å². The SMILES string of the molecule is CN1CCN(CCC2(N)N=C(Nc3ccncc3)N=C(c3ccccc3)N2)CC1. The monoisotopic (exact) mass is 392 g/mol. The van der Waals surface area contributed by atoms with Crippen LogP contribution in [-0.2, 0) is 0 Å². The van der Waals surface area contributed by atoms with E-state index in [0.29, 0.717) is 12.4 Å². The number of likely N-dealkylation sites (N-methyl/N-ethyl adjacent to an activating group) is 1. The van der Waals surface area contributed by atoms with Crippen molar-refractivity contribution in [1.29, 1.82) is 0 Å². The lowest BCUT2D eigenvalue weighted by atomic mass is 10.1. The first-order valence-electron chi connectivity index (χ1n) is 9.99. The Morgan fingerprint density at radius 1 is 1.07 bits per heavy atom. The van der Waals surface area contributed by atoms with E-state index in [9.17, 15) is 0 Å². The van der Waals surface area contributed by atoms with Gasteiger partial charge in [0.15, 0.2) is 5.79 Å². The first kappa shape index (κ1) is 19.5. The van der Waals surface area contributed by atoms with Crippen LogP contribution in [-0.4, -0.2) is 72.1 Å². The van der Waals surface area contributed by atoms with Gasteiger partial charge in [-0.15, -0.1) is 0 Å². The minimum Gasteiger partial charge on any atom is -0.333 e. The van der Waals surface area contributed by atoms with Gasteiger partial charge in [0.25, 0.3) is 0 Å². The summed E-state index contributed by atoms with van der Waals surface area (Å²) < 4.78 is 0. The van der Waals surface area contributed by atoms with Crippen molar-refractivity contribution >= 4 is 17.5 Å². The van der Waals surface area contributed by atoms with E-state index in [1.807, 2.05) is 42.5 Å². The van der Waals surface area contributed by atoms with E-state index in [2.05, 4.69) is 37.5 Å². The molecule has 8 heteroatoms. The molecule has 0 saturated carbocycles. The Balaban J connectivity index is 1.53. The van der Waals surface area contributed by atoms with E-state index >= 15 is 0 Å². The minimum atomic E-state index is -0.925. The summed E-state index contributed by atoms with van der Waals surface area (Å²) in [7, 11) is 2.16. The molecule has 1 fully saturated rings. The Kier molecular flexibility index (Phi) is 5.84. The second-order valence-electron chi connectivity index (χ2n) is 7.57. The second-order valence-corrected chi connectivity index (χ2v) is 7.57. The van der Waals surface area contributed by atoms with Crippen LogP contribution in [0, 0.1) is 0 Å². The van der Waals surface area contributed by atoms with Crippen molar-refractivity contribution in [2.75, 3.05) is 45.1 Å². The summed E-state index contributed by atoms with van der Waals surface area (Å²) in [5.74, 6) is 0.291. The summed E-state index contributed by atoms with van der Waals surface area (Å²) in [5.41, 5.74) is 8.56. The van der Waals surface area contributed by atoms with Gasteiger partial charge in [-0.2, -0.15) is 4.99 Å². The molecule has 1 atom stereocenters. The molecule has 0 radical (unpaired) electrons. The number of piperazine rings is 1. The van der Waals surface area contributed by atoms with Crippen LogP contribution in [0.25, 0.3) is 0 Å². The van der Waals surface area contributed by atoms with Crippen LogP contribution >= 0.6 is 0 Å². The lowest BCUT2D eigenvalue weighted by Gasteiger charge is -2.36. The second kappa shape index (κ2) is 8.69. The number of anilines is 1. The van der Waals surface area contributed by atoms with Crippen LogP contribution in [0.5, 0.6) is 0 Å². The van der Waals surface area contributed by atoms with Gasteiger partial charge < -0.3 is 20.4 Å². The maximum atomic E-state index is 6.71. The maximum Gasteiger partial charge on any atom is 0.228 e. The van der Waals surface area contributed by atoms with E-state index in [-0.39, 0.29) is 0 Å². The van der Waals surface area contributed by atoms with Gasteiger partial charge in [-0.25, -0.2) is 4.99 Å². The Hall–Kier alpha value is -2.81. The third kappa shape index (κ3) is 5.17. The molecule has 1 aromatic heterocycles. The molecule has 152 valence electrons. The number of nitrogens with two attached hydrogens (primary N) is 1. The molecular formula is C21H28N8. The highest BCUT2D eigenvalue weighted by Gasteiger charge is 2.31. The van der Waals surface area contributed by atoms with Gasteiger partial charge in [0.2, 0.25) is 5.96 Å². The lowest BCUT2D eigenvalue weighted by molar-refractivity contribution is 0.142. The average molecular weight is 393 g/mol. The van der Waals surface area contributed by atoms with Crippen LogP contribution in [0.1, 0.15) is 12.0 Å². The van der Waals surface area contributed by atoms with Crippen LogP contribution in [0.3, 0.4) is 0 Å². The number of hydrogen-bond donors (Lipinski definition) is 3. The predicted molar refractivity (Wildman–Crippen MR) is 117 cm³/mol.